The zero-order valence-corrected chi connectivity index (χ0v) is 12.3. The molecule has 0 saturated heterocycles. The summed E-state index contributed by atoms with van der Waals surface area (Å²) < 4.78 is 7.75. The van der Waals surface area contributed by atoms with Crippen LogP contribution in [-0.4, -0.2) is 14.5 Å². The average molecular weight is 303 g/mol. The summed E-state index contributed by atoms with van der Waals surface area (Å²) in [6.45, 7) is 2.26. The van der Waals surface area contributed by atoms with Crippen molar-refractivity contribution >= 4 is 17.1 Å². The molecule has 3 rings (SSSR count). The molecular formula is C16H15ClN2O2. The first-order chi connectivity index (χ1) is 10.2. The van der Waals surface area contributed by atoms with Crippen molar-refractivity contribution in [2.24, 2.45) is 0 Å². The molecule has 1 aromatic carbocycles. The summed E-state index contributed by atoms with van der Waals surface area (Å²) >= 11 is 5.87. The minimum Gasteiger partial charge on any atom is -0.487 e. The van der Waals surface area contributed by atoms with Crippen LogP contribution in [0.4, 0.5) is 0 Å². The molecule has 0 aliphatic heterocycles. The van der Waals surface area contributed by atoms with Gasteiger partial charge in [-0.2, -0.15) is 0 Å². The van der Waals surface area contributed by atoms with E-state index in [0.717, 1.165) is 22.5 Å². The van der Waals surface area contributed by atoms with Crippen LogP contribution < -0.4 is 4.74 Å². The Hall–Kier alpha value is -2.04. The molecule has 5 heteroatoms. The number of nitrogens with zero attached hydrogens (tertiary/aromatic N) is 2. The molecule has 0 unspecified atom stereocenters. The van der Waals surface area contributed by atoms with Crippen LogP contribution in [0.1, 0.15) is 17.1 Å². The second kappa shape index (κ2) is 5.76. The Morgan fingerprint density at radius 3 is 2.71 bits per heavy atom. The van der Waals surface area contributed by atoms with E-state index in [4.69, 9.17) is 16.3 Å². The van der Waals surface area contributed by atoms with Gasteiger partial charge in [0.15, 0.2) is 0 Å². The molecule has 0 fully saturated rings. The molecule has 4 nitrogen and oxygen atoms in total. The second-order valence-electron chi connectivity index (χ2n) is 4.78. The first-order valence-corrected chi connectivity index (χ1v) is 7.01. The SMILES string of the molecule is Cc1nc(CO)n2cccc(OCc3ccc(Cl)cc3)c12. The van der Waals surface area contributed by atoms with Crippen LogP contribution in [0.2, 0.25) is 5.02 Å². The van der Waals surface area contributed by atoms with E-state index in [1.54, 1.807) is 0 Å². The highest BCUT2D eigenvalue weighted by Crippen LogP contribution is 2.25. The minimum absolute atomic E-state index is 0.102. The van der Waals surface area contributed by atoms with E-state index < -0.39 is 0 Å². The van der Waals surface area contributed by atoms with Gasteiger partial charge in [0.2, 0.25) is 0 Å². The molecule has 3 aromatic rings. The molecule has 21 heavy (non-hydrogen) atoms. The lowest BCUT2D eigenvalue weighted by molar-refractivity contribution is 0.270. The van der Waals surface area contributed by atoms with Crippen LogP contribution >= 0.6 is 11.6 Å². The first-order valence-electron chi connectivity index (χ1n) is 6.63. The summed E-state index contributed by atoms with van der Waals surface area (Å²) in [7, 11) is 0. The zero-order chi connectivity index (χ0) is 14.8. The molecular weight excluding hydrogens is 288 g/mol. The molecule has 0 aliphatic carbocycles. The molecule has 0 aliphatic rings. The fraction of sp³-hybridized carbons (Fsp3) is 0.188. The van der Waals surface area contributed by atoms with Crippen molar-refractivity contribution in [2.45, 2.75) is 20.1 Å². The number of benzene rings is 1. The largest absolute Gasteiger partial charge is 0.487 e. The fourth-order valence-corrected chi connectivity index (χ4v) is 2.45. The smallest absolute Gasteiger partial charge is 0.145 e. The lowest BCUT2D eigenvalue weighted by Crippen LogP contribution is -1.99. The van der Waals surface area contributed by atoms with Gasteiger partial charge in [-0.15, -0.1) is 0 Å². The van der Waals surface area contributed by atoms with E-state index >= 15 is 0 Å². The molecule has 1 N–H and O–H groups in total. The van der Waals surface area contributed by atoms with E-state index in [1.807, 2.05) is 53.9 Å². The normalized spacial score (nSPS) is 11.0. The van der Waals surface area contributed by atoms with Gasteiger partial charge in [0.05, 0.1) is 5.69 Å². The van der Waals surface area contributed by atoms with Crippen LogP contribution in [0.3, 0.4) is 0 Å². The Balaban J connectivity index is 1.90. The number of hydrogen-bond acceptors (Lipinski definition) is 3. The lowest BCUT2D eigenvalue weighted by Gasteiger charge is -2.09. The first kappa shape index (κ1) is 13.9. The number of aliphatic hydroxyl groups is 1. The molecule has 0 radical (unpaired) electrons. The fourth-order valence-electron chi connectivity index (χ4n) is 2.33. The van der Waals surface area contributed by atoms with Crippen molar-refractivity contribution in [3.8, 4) is 5.75 Å². The molecule has 0 spiro atoms. The summed E-state index contributed by atoms with van der Waals surface area (Å²) in [5, 5.41) is 10.0. The number of aryl methyl sites for hydroxylation is 1. The van der Waals surface area contributed by atoms with Crippen LogP contribution in [0.25, 0.3) is 5.52 Å². The van der Waals surface area contributed by atoms with Gasteiger partial charge in [0, 0.05) is 11.2 Å². The summed E-state index contributed by atoms with van der Waals surface area (Å²) in [4.78, 5) is 4.35. The van der Waals surface area contributed by atoms with Crippen molar-refractivity contribution < 1.29 is 9.84 Å². The molecule has 2 heterocycles. The lowest BCUT2D eigenvalue weighted by atomic mass is 10.2. The number of ether oxygens (including phenoxy) is 1. The van der Waals surface area contributed by atoms with Gasteiger partial charge in [-0.05, 0) is 36.8 Å². The predicted molar refractivity (Wildman–Crippen MR) is 81.6 cm³/mol. The number of hydrogen-bond donors (Lipinski definition) is 1. The van der Waals surface area contributed by atoms with Crippen LogP contribution in [-0.2, 0) is 13.2 Å². The third kappa shape index (κ3) is 2.73. The molecule has 0 bridgehead atoms. The number of aromatic nitrogens is 2. The monoisotopic (exact) mass is 302 g/mol. The number of imidazole rings is 1. The number of aliphatic hydroxyl groups excluding tert-OH is 1. The average Bonchev–Trinajstić information content (AvgIpc) is 2.84. The Labute approximate surface area is 127 Å². The van der Waals surface area contributed by atoms with E-state index in [1.165, 1.54) is 0 Å². The van der Waals surface area contributed by atoms with Crippen molar-refractivity contribution in [2.75, 3.05) is 0 Å². The third-order valence-corrected chi connectivity index (χ3v) is 3.58. The maximum atomic E-state index is 9.34. The Kier molecular flexibility index (Phi) is 3.82. The van der Waals surface area contributed by atoms with Gasteiger partial charge in [-0.3, -0.25) is 4.40 Å². The van der Waals surface area contributed by atoms with Crippen LogP contribution in [0.15, 0.2) is 42.6 Å². The van der Waals surface area contributed by atoms with E-state index in [2.05, 4.69) is 4.98 Å². The van der Waals surface area contributed by atoms with Gasteiger partial charge in [-0.1, -0.05) is 23.7 Å². The maximum Gasteiger partial charge on any atom is 0.145 e. The van der Waals surface area contributed by atoms with Crippen LogP contribution in [0, 0.1) is 6.92 Å². The predicted octanol–water partition coefficient (Wildman–Crippen LogP) is 3.37. The van der Waals surface area contributed by atoms with Gasteiger partial charge in [0.25, 0.3) is 0 Å². The Bertz CT molecular complexity index is 766. The molecule has 0 amide bonds. The second-order valence-corrected chi connectivity index (χ2v) is 5.21. The number of pyridine rings is 1. The highest BCUT2D eigenvalue weighted by atomic mass is 35.5. The maximum absolute atomic E-state index is 9.34. The molecule has 0 atom stereocenters. The standard InChI is InChI=1S/C16H15ClN2O2/c1-11-16-14(3-2-8-19(16)15(9-20)18-11)21-10-12-4-6-13(17)7-5-12/h2-8,20H,9-10H2,1H3. The number of rotatable bonds is 4. The quantitative estimate of drug-likeness (QED) is 0.804. The Morgan fingerprint density at radius 1 is 1.24 bits per heavy atom. The van der Waals surface area contributed by atoms with E-state index in [0.29, 0.717) is 17.5 Å². The summed E-state index contributed by atoms with van der Waals surface area (Å²) in [6, 6.07) is 11.3. The zero-order valence-electron chi connectivity index (χ0n) is 11.6. The number of fused-ring (bicyclic) bond motifs is 1. The third-order valence-electron chi connectivity index (χ3n) is 3.32. The van der Waals surface area contributed by atoms with Gasteiger partial charge >= 0.3 is 0 Å². The van der Waals surface area contributed by atoms with Gasteiger partial charge in [-0.25, -0.2) is 4.98 Å². The van der Waals surface area contributed by atoms with Crippen molar-refractivity contribution in [1.29, 1.82) is 0 Å². The minimum atomic E-state index is -0.102. The van der Waals surface area contributed by atoms with Gasteiger partial charge in [0.1, 0.15) is 30.3 Å². The van der Waals surface area contributed by atoms with Crippen molar-refractivity contribution in [3.63, 3.8) is 0 Å². The summed E-state index contributed by atoms with van der Waals surface area (Å²) in [5.74, 6) is 1.36. The summed E-state index contributed by atoms with van der Waals surface area (Å²) in [5.41, 5.74) is 2.77. The number of halogens is 1. The Morgan fingerprint density at radius 2 is 2.00 bits per heavy atom. The van der Waals surface area contributed by atoms with Gasteiger partial charge < -0.3 is 9.84 Å². The van der Waals surface area contributed by atoms with E-state index in [9.17, 15) is 5.11 Å². The van der Waals surface area contributed by atoms with Crippen molar-refractivity contribution in [1.82, 2.24) is 9.38 Å². The molecule has 0 saturated carbocycles. The van der Waals surface area contributed by atoms with Crippen LogP contribution in [0.5, 0.6) is 5.75 Å². The topological polar surface area (TPSA) is 46.8 Å². The van der Waals surface area contributed by atoms with E-state index in [-0.39, 0.29) is 6.61 Å². The summed E-state index contributed by atoms with van der Waals surface area (Å²) in [6.07, 6.45) is 1.87. The molecule has 2 aromatic heterocycles. The highest BCUT2D eigenvalue weighted by molar-refractivity contribution is 6.30. The highest BCUT2D eigenvalue weighted by Gasteiger charge is 2.11. The molecule has 108 valence electrons. The van der Waals surface area contributed by atoms with Crippen molar-refractivity contribution in [3.05, 3.63) is 64.7 Å².